The molecule has 1 fully saturated rings. The number of carbonyl (C=O) groups excluding carboxylic acids is 2. The van der Waals surface area contributed by atoms with Crippen LogP contribution in [0.5, 0.6) is 0 Å². The van der Waals surface area contributed by atoms with Crippen molar-refractivity contribution in [2.24, 2.45) is 5.73 Å². The molecule has 1 amide bonds. The summed E-state index contributed by atoms with van der Waals surface area (Å²) in [4.78, 5) is 24.2. The minimum absolute atomic E-state index is 0. The molecule has 0 heterocycles. The Morgan fingerprint density at radius 3 is 2.28 bits per heavy atom. The number of methoxy groups -OCH3 is 1. The molecule has 3 N–H and O–H groups in total. The minimum atomic E-state index is -3.56. The summed E-state index contributed by atoms with van der Waals surface area (Å²) in [5.74, 6) is -1.06. The number of benzene rings is 1. The van der Waals surface area contributed by atoms with Crippen molar-refractivity contribution in [1.29, 1.82) is 0 Å². The predicted molar refractivity (Wildman–Crippen MR) is 96.8 cm³/mol. The average Bonchev–Trinajstić information content (AvgIpc) is 2.53. The molecule has 0 atom stereocenters. The molecule has 0 aliphatic heterocycles. The fraction of sp³-hybridized carbons (Fsp3) is 0.500. The number of halogens is 1. The second kappa shape index (κ2) is 8.16. The topological polar surface area (TPSA) is 116 Å². The number of sulfone groups is 1. The highest BCUT2D eigenvalue weighted by Crippen LogP contribution is 2.28. The lowest BCUT2D eigenvalue weighted by molar-refractivity contribution is -0.122. The summed E-state index contributed by atoms with van der Waals surface area (Å²) in [7, 11) is -2.36. The predicted octanol–water partition coefficient (Wildman–Crippen LogP) is 1.90. The van der Waals surface area contributed by atoms with Gasteiger partial charge in [0.05, 0.1) is 23.1 Å². The molecule has 9 heteroatoms. The maximum absolute atomic E-state index is 12.5. The van der Waals surface area contributed by atoms with Crippen LogP contribution < -0.4 is 11.1 Å². The maximum Gasteiger partial charge on any atom is 0.337 e. The quantitative estimate of drug-likeness (QED) is 0.758. The van der Waals surface area contributed by atoms with Crippen LogP contribution in [0.15, 0.2) is 23.1 Å². The first-order valence-electron chi connectivity index (χ1n) is 7.69. The fourth-order valence-electron chi connectivity index (χ4n) is 2.79. The Kier molecular flexibility index (Phi) is 6.99. The zero-order valence-corrected chi connectivity index (χ0v) is 15.8. The molecule has 1 aliphatic carbocycles. The number of ether oxygens (including phenoxy) is 1. The van der Waals surface area contributed by atoms with Crippen molar-refractivity contribution >= 4 is 39.8 Å². The van der Waals surface area contributed by atoms with Crippen LogP contribution in [-0.4, -0.2) is 39.2 Å². The van der Waals surface area contributed by atoms with Gasteiger partial charge in [-0.2, -0.15) is 0 Å². The van der Waals surface area contributed by atoms with Gasteiger partial charge in [-0.1, -0.05) is 19.3 Å². The van der Waals surface area contributed by atoms with Gasteiger partial charge >= 0.3 is 5.97 Å². The third-order valence-corrected chi connectivity index (χ3v) is 5.30. The van der Waals surface area contributed by atoms with E-state index in [0.29, 0.717) is 12.8 Å². The monoisotopic (exact) mass is 390 g/mol. The van der Waals surface area contributed by atoms with Crippen LogP contribution in [0.2, 0.25) is 0 Å². The van der Waals surface area contributed by atoms with Crippen LogP contribution >= 0.6 is 12.4 Å². The summed E-state index contributed by atoms with van der Waals surface area (Å²) < 4.78 is 28.2. The van der Waals surface area contributed by atoms with Gasteiger partial charge in [0.1, 0.15) is 0 Å². The van der Waals surface area contributed by atoms with Gasteiger partial charge in [0.15, 0.2) is 9.84 Å². The smallest absolute Gasteiger partial charge is 0.337 e. The van der Waals surface area contributed by atoms with Gasteiger partial charge in [0.25, 0.3) is 0 Å². The minimum Gasteiger partial charge on any atom is -0.465 e. The van der Waals surface area contributed by atoms with E-state index in [1.165, 1.54) is 25.3 Å². The van der Waals surface area contributed by atoms with Crippen molar-refractivity contribution < 1.29 is 22.7 Å². The highest BCUT2D eigenvalue weighted by Gasteiger charge is 2.35. The van der Waals surface area contributed by atoms with Gasteiger partial charge in [-0.3, -0.25) is 4.79 Å². The molecule has 0 spiro atoms. The van der Waals surface area contributed by atoms with Crippen molar-refractivity contribution in [2.45, 2.75) is 42.5 Å². The van der Waals surface area contributed by atoms with Crippen LogP contribution in [0.1, 0.15) is 42.5 Å². The number of carbonyl (C=O) groups is 2. The largest absolute Gasteiger partial charge is 0.465 e. The zero-order valence-electron chi connectivity index (χ0n) is 14.2. The molecular formula is C16H23ClN2O5S. The fourth-order valence-corrected chi connectivity index (χ4v) is 3.47. The van der Waals surface area contributed by atoms with Gasteiger partial charge in [-0.15, -0.1) is 12.4 Å². The second-order valence-corrected chi connectivity index (χ2v) is 8.20. The number of hydrogen-bond donors (Lipinski definition) is 2. The molecule has 0 radical (unpaired) electrons. The van der Waals surface area contributed by atoms with Crippen molar-refractivity contribution in [1.82, 2.24) is 0 Å². The summed E-state index contributed by atoms with van der Waals surface area (Å²) in [6, 6.07) is 3.91. The summed E-state index contributed by atoms with van der Waals surface area (Å²) in [6.07, 6.45) is 4.98. The number of amides is 1. The van der Waals surface area contributed by atoms with E-state index in [1.54, 1.807) is 0 Å². The lowest BCUT2D eigenvalue weighted by Gasteiger charge is -2.31. The Labute approximate surface area is 153 Å². The van der Waals surface area contributed by atoms with Gasteiger partial charge in [-0.05, 0) is 31.0 Å². The Morgan fingerprint density at radius 1 is 1.16 bits per heavy atom. The lowest BCUT2D eigenvalue weighted by Crippen LogP contribution is -2.52. The number of anilines is 1. The average molecular weight is 391 g/mol. The Morgan fingerprint density at radius 2 is 1.76 bits per heavy atom. The zero-order chi connectivity index (χ0) is 18.0. The van der Waals surface area contributed by atoms with E-state index in [9.17, 15) is 18.0 Å². The highest BCUT2D eigenvalue weighted by atomic mass is 35.5. The van der Waals surface area contributed by atoms with Crippen LogP contribution in [-0.2, 0) is 19.4 Å². The molecule has 0 bridgehead atoms. The molecule has 2 rings (SSSR count). The van der Waals surface area contributed by atoms with Crippen LogP contribution in [0.3, 0.4) is 0 Å². The summed E-state index contributed by atoms with van der Waals surface area (Å²) in [5.41, 5.74) is 5.46. The third-order valence-electron chi connectivity index (χ3n) is 4.21. The van der Waals surface area contributed by atoms with Crippen LogP contribution in [0.4, 0.5) is 5.69 Å². The highest BCUT2D eigenvalue weighted by molar-refractivity contribution is 7.90. The lowest BCUT2D eigenvalue weighted by atomic mass is 9.82. The van der Waals surface area contributed by atoms with Crippen molar-refractivity contribution in [2.75, 3.05) is 18.7 Å². The SMILES string of the molecule is COC(=O)c1cc(NC(=O)C2(N)CCCCC2)cc(S(C)(=O)=O)c1.Cl. The van der Waals surface area contributed by atoms with Gasteiger partial charge in [0, 0.05) is 11.9 Å². The van der Waals surface area contributed by atoms with E-state index in [2.05, 4.69) is 10.1 Å². The Hall–Kier alpha value is -1.64. The second-order valence-electron chi connectivity index (χ2n) is 6.18. The molecular weight excluding hydrogens is 368 g/mol. The van der Waals surface area contributed by atoms with Crippen LogP contribution in [0, 0.1) is 0 Å². The number of rotatable bonds is 4. The maximum atomic E-state index is 12.5. The van der Waals surface area contributed by atoms with E-state index in [0.717, 1.165) is 25.5 Å². The van der Waals surface area contributed by atoms with Crippen molar-refractivity contribution in [3.05, 3.63) is 23.8 Å². The van der Waals surface area contributed by atoms with Gasteiger partial charge in [-0.25, -0.2) is 13.2 Å². The van der Waals surface area contributed by atoms with E-state index in [1.807, 2.05) is 0 Å². The first-order chi connectivity index (χ1) is 11.2. The van der Waals surface area contributed by atoms with Gasteiger partial charge < -0.3 is 15.8 Å². The number of esters is 1. The molecule has 25 heavy (non-hydrogen) atoms. The molecule has 0 unspecified atom stereocenters. The normalized spacial score (nSPS) is 16.4. The number of hydrogen-bond acceptors (Lipinski definition) is 6. The van der Waals surface area contributed by atoms with Crippen molar-refractivity contribution in [3.8, 4) is 0 Å². The summed E-state index contributed by atoms with van der Waals surface area (Å²) in [5, 5.41) is 2.65. The molecule has 1 saturated carbocycles. The van der Waals surface area contributed by atoms with E-state index in [4.69, 9.17) is 5.73 Å². The standard InChI is InChI=1S/C16H22N2O5S.ClH/c1-23-14(19)11-8-12(10-13(9-11)24(2,21)22)18-15(20)16(17)6-4-3-5-7-16;/h8-10H,3-7,17H2,1-2H3,(H,18,20);1H. The summed E-state index contributed by atoms with van der Waals surface area (Å²) in [6.45, 7) is 0. The molecule has 1 aromatic rings. The van der Waals surface area contributed by atoms with E-state index in [-0.39, 0.29) is 34.5 Å². The molecule has 0 aromatic heterocycles. The van der Waals surface area contributed by atoms with Crippen molar-refractivity contribution in [3.63, 3.8) is 0 Å². The first-order valence-corrected chi connectivity index (χ1v) is 9.59. The first kappa shape index (κ1) is 21.4. The molecule has 7 nitrogen and oxygen atoms in total. The number of nitrogens with two attached hydrogens (primary N) is 1. The van der Waals surface area contributed by atoms with Gasteiger partial charge in [0.2, 0.25) is 5.91 Å². The summed E-state index contributed by atoms with van der Waals surface area (Å²) >= 11 is 0. The number of nitrogens with one attached hydrogen (secondary N) is 1. The van der Waals surface area contributed by atoms with E-state index >= 15 is 0 Å². The molecule has 1 aliphatic rings. The molecule has 140 valence electrons. The van der Waals surface area contributed by atoms with E-state index < -0.39 is 21.3 Å². The Bertz CT molecular complexity index is 758. The molecule has 1 aromatic carbocycles. The molecule has 0 saturated heterocycles. The third kappa shape index (κ3) is 5.17. The van der Waals surface area contributed by atoms with Crippen LogP contribution in [0.25, 0.3) is 0 Å². The Balaban J connectivity index is 0.00000312.